The Hall–Kier alpha value is -0.250. The summed E-state index contributed by atoms with van der Waals surface area (Å²) in [5, 5.41) is 1.13. The third-order valence-electron chi connectivity index (χ3n) is 2.91. The number of carbonyl (C=O) groups is 1. The molecule has 0 unspecified atom stereocenters. The molecule has 16 heavy (non-hydrogen) atoms. The minimum atomic E-state index is -0.127. The van der Waals surface area contributed by atoms with Crippen molar-refractivity contribution in [3.63, 3.8) is 0 Å². The van der Waals surface area contributed by atoms with Crippen LogP contribution in [0.5, 0.6) is 0 Å². The van der Waals surface area contributed by atoms with Gasteiger partial charge in [-0.05, 0) is 12.8 Å². The van der Waals surface area contributed by atoms with E-state index in [2.05, 4.69) is 15.9 Å². The molecule has 3 nitrogen and oxygen atoms in total. The first-order chi connectivity index (χ1) is 7.84. The van der Waals surface area contributed by atoms with E-state index in [4.69, 9.17) is 4.74 Å². The predicted molar refractivity (Wildman–Crippen MR) is 69.0 cm³/mol. The van der Waals surface area contributed by atoms with Crippen LogP contribution >= 0.6 is 15.9 Å². The first kappa shape index (κ1) is 13.8. The minimum Gasteiger partial charge on any atom is -0.448 e. The maximum absolute atomic E-state index is 11.1. The summed E-state index contributed by atoms with van der Waals surface area (Å²) < 4.78 is 4.87. The number of unbranched alkanes of at least 4 members (excludes halogenated alkanes) is 6. The van der Waals surface area contributed by atoms with Crippen molar-refractivity contribution in [2.24, 2.45) is 0 Å². The van der Waals surface area contributed by atoms with Gasteiger partial charge in [0, 0.05) is 11.9 Å². The van der Waals surface area contributed by atoms with Crippen LogP contribution in [0.15, 0.2) is 0 Å². The molecule has 0 bridgehead atoms. The lowest BCUT2D eigenvalue weighted by molar-refractivity contribution is 0.158. The number of amides is 1. The van der Waals surface area contributed by atoms with Gasteiger partial charge in [-0.25, -0.2) is 4.79 Å². The molecule has 0 atom stereocenters. The van der Waals surface area contributed by atoms with Crippen LogP contribution in [0, 0.1) is 0 Å². The van der Waals surface area contributed by atoms with Crippen molar-refractivity contribution in [2.45, 2.75) is 44.9 Å². The molecule has 94 valence electrons. The molecule has 1 fully saturated rings. The van der Waals surface area contributed by atoms with Gasteiger partial charge in [-0.1, -0.05) is 48.0 Å². The number of ether oxygens (including phenoxy) is 1. The quantitative estimate of drug-likeness (QED) is 0.480. The summed E-state index contributed by atoms with van der Waals surface area (Å²) in [4.78, 5) is 12.9. The van der Waals surface area contributed by atoms with E-state index in [-0.39, 0.29) is 6.09 Å². The molecule has 0 spiro atoms. The molecule has 1 heterocycles. The first-order valence-electron chi connectivity index (χ1n) is 6.32. The highest BCUT2D eigenvalue weighted by Gasteiger charge is 2.20. The summed E-state index contributed by atoms with van der Waals surface area (Å²) in [7, 11) is 0. The third kappa shape index (κ3) is 5.73. The topological polar surface area (TPSA) is 29.5 Å². The Morgan fingerprint density at radius 3 is 2.25 bits per heavy atom. The van der Waals surface area contributed by atoms with E-state index in [0.29, 0.717) is 6.61 Å². The standard InChI is InChI=1S/C12H22BrNO2/c13-8-6-4-2-1-3-5-7-9-14-10-11-16-12(14)15/h1-11H2. The lowest BCUT2D eigenvalue weighted by Gasteiger charge is -2.11. The van der Waals surface area contributed by atoms with Gasteiger partial charge in [0.15, 0.2) is 0 Å². The van der Waals surface area contributed by atoms with E-state index in [1.165, 1.54) is 38.5 Å². The van der Waals surface area contributed by atoms with Crippen LogP contribution in [-0.2, 0) is 4.74 Å². The number of nitrogens with zero attached hydrogens (tertiary/aromatic N) is 1. The summed E-state index contributed by atoms with van der Waals surface area (Å²) >= 11 is 3.44. The lowest BCUT2D eigenvalue weighted by Crippen LogP contribution is -2.25. The van der Waals surface area contributed by atoms with Crippen LogP contribution in [0.2, 0.25) is 0 Å². The van der Waals surface area contributed by atoms with E-state index in [0.717, 1.165) is 24.8 Å². The fourth-order valence-corrected chi connectivity index (χ4v) is 2.31. The highest BCUT2D eigenvalue weighted by Crippen LogP contribution is 2.10. The fraction of sp³-hybridized carbons (Fsp3) is 0.917. The van der Waals surface area contributed by atoms with Gasteiger partial charge in [-0.3, -0.25) is 0 Å². The molecule has 0 aromatic carbocycles. The maximum atomic E-state index is 11.1. The fourth-order valence-electron chi connectivity index (χ4n) is 1.91. The van der Waals surface area contributed by atoms with Gasteiger partial charge < -0.3 is 9.64 Å². The molecule has 0 aromatic rings. The van der Waals surface area contributed by atoms with Crippen LogP contribution in [0.1, 0.15) is 44.9 Å². The van der Waals surface area contributed by atoms with Gasteiger partial charge in [-0.2, -0.15) is 0 Å². The predicted octanol–water partition coefficient (Wildman–Crippen LogP) is 3.56. The summed E-state index contributed by atoms with van der Waals surface area (Å²) in [6.07, 6.45) is 8.83. The molecular formula is C12H22BrNO2. The number of hydrogen-bond acceptors (Lipinski definition) is 2. The SMILES string of the molecule is O=C1OCCN1CCCCCCCCCBr. The van der Waals surface area contributed by atoms with Gasteiger partial charge in [-0.15, -0.1) is 0 Å². The van der Waals surface area contributed by atoms with Gasteiger partial charge >= 0.3 is 6.09 Å². The largest absolute Gasteiger partial charge is 0.448 e. The maximum Gasteiger partial charge on any atom is 0.409 e. The number of rotatable bonds is 9. The molecule has 0 radical (unpaired) electrons. The zero-order valence-corrected chi connectivity index (χ0v) is 11.5. The second-order valence-electron chi connectivity index (χ2n) is 4.27. The Morgan fingerprint density at radius 1 is 1.06 bits per heavy atom. The number of alkyl halides is 1. The van der Waals surface area contributed by atoms with E-state index in [9.17, 15) is 4.79 Å². The zero-order valence-electron chi connectivity index (χ0n) is 9.92. The number of carbonyl (C=O) groups excluding carboxylic acids is 1. The van der Waals surface area contributed by atoms with Crippen molar-refractivity contribution in [1.29, 1.82) is 0 Å². The highest BCUT2D eigenvalue weighted by atomic mass is 79.9. The van der Waals surface area contributed by atoms with E-state index in [1.54, 1.807) is 0 Å². The lowest BCUT2D eigenvalue weighted by atomic mass is 10.1. The average molecular weight is 292 g/mol. The van der Waals surface area contributed by atoms with Crippen LogP contribution < -0.4 is 0 Å². The summed E-state index contributed by atoms with van der Waals surface area (Å²) in [5.41, 5.74) is 0. The van der Waals surface area contributed by atoms with Gasteiger partial charge in [0.25, 0.3) is 0 Å². The smallest absolute Gasteiger partial charge is 0.409 e. The zero-order chi connectivity index (χ0) is 11.6. The number of hydrogen-bond donors (Lipinski definition) is 0. The average Bonchev–Trinajstić information content (AvgIpc) is 2.68. The van der Waals surface area contributed by atoms with Crippen molar-refractivity contribution in [1.82, 2.24) is 4.90 Å². The normalized spacial score (nSPS) is 15.6. The van der Waals surface area contributed by atoms with E-state index >= 15 is 0 Å². The second kappa shape index (κ2) is 8.85. The van der Waals surface area contributed by atoms with Gasteiger partial charge in [0.05, 0.1) is 6.54 Å². The molecule has 0 aliphatic carbocycles. The highest BCUT2D eigenvalue weighted by molar-refractivity contribution is 9.09. The Labute approximate surface area is 107 Å². The molecule has 1 aliphatic rings. The summed E-state index contributed by atoms with van der Waals surface area (Å²) in [6, 6.07) is 0. The van der Waals surface area contributed by atoms with Gasteiger partial charge in [0.2, 0.25) is 0 Å². The van der Waals surface area contributed by atoms with E-state index < -0.39 is 0 Å². The van der Waals surface area contributed by atoms with Crippen LogP contribution in [0.25, 0.3) is 0 Å². The molecule has 1 aliphatic heterocycles. The molecule has 1 saturated heterocycles. The van der Waals surface area contributed by atoms with Crippen molar-refractivity contribution >= 4 is 22.0 Å². The first-order valence-corrected chi connectivity index (χ1v) is 7.44. The number of cyclic esters (lactones) is 1. The molecule has 1 rings (SSSR count). The molecule has 0 saturated carbocycles. The summed E-state index contributed by atoms with van der Waals surface area (Å²) in [6.45, 7) is 2.23. The van der Waals surface area contributed by atoms with Crippen molar-refractivity contribution in [3.8, 4) is 0 Å². The molecular weight excluding hydrogens is 270 g/mol. The second-order valence-corrected chi connectivity index (χ2v) is 5.06. The van der Waals surface area contributed by atoms with E-state index in [1.807, 2.05) is 4.90 Å². The van der Waals surface area contributed by atoms with Crippen LogP contribution in [-0.4, -0.2) is 36.0 Å². The number of halogens is 1. The molecule has 4 heteroatoms. The molecule has 1 amide bonds. The van der Waals surface area contributed by atoms with Crippen molar-refractivity contribution in [3.05, 3.63) is 0 Å². The Bertz CT molecular complexity index is 199. The molecule has 0 aromatic heterocycles. The van der Waals surface area contributed by atoms with Crippen molar-refractivity contribution < 1.29 is 9.53 Å². The summed E-state index contributed by atoms with van der Waals surface area (Å²) in [5.74, 6) is 0. The Kier molecular flexibility index (Phi) is 7.64. The monoisotopic (exact) mass is 291 g/mol. The minimum absolute atomic E-state index is 0.127. The Balaban J connectivity index is 1.83. The van der Waals surface area contributed by atoms with Gasteiger partial charge in [0.1, 0.15) is 6.61 Å². The van der Waals surface area contributed by atoms with Crippen LogP contribution in [0.3, 0.4) is 0 Å². The van der Waals surface area contributed by atoms with Crippen LogP contribution in [0.4, 0.5) is 4.79 Å². The Morgan fingerprint density at radius 2 is 1.69 bits per heavy atom. The molecule has 0 N–H and O–H groups in total. The third-order valence-corrected chi connectivity index (χ3v) is 3.47. The van der Waals surface area contributed by atoms with Crippen molar-refractivity contribution in [2.75, 3.05) is 25.0 Å².